The van der Waals surface area contributed by atoms with Crippen LogP contribution in [-0.2, 0) is 6.54 Å². The van der Waals surface area contributed by atoms with Crippen LogP contribution in [0, 0.1) is 5.82 Å². The minimum absolute atomic E-state index is 0.203. The van der Waals surface area contributed by atoms with E-state index in [1.54, 1.807) is 29.2 Å². The van der Waals surface area contributed by atoms with Crippen LogP contribution >= 0.6 is 0 Å². The van der Waals surface area contributed by atoms with Gasteiger partial charge in [0.25, 0.3) is 5.91 Å². The normalized spacial score (nSPS) is 11.9. The molecule has 1 atom stereocenters. The minimum atomic E-state index is -0.292. The molecule has 3 rings (SSSR count). The van der Waals surface area contributed by atoms with Crippen LogP contribution in [0.2, 0.25) is 0 Å². The van der Waals surface area contributed by atoms with Gasteiger partial charge in [-0.2, -0.15) is 5.10 Å². The summed E-state index contributed by atoms with van der Waals surface area (Å²) in [5.74, 6) is -0.495. The van der Waals surface area contributed by atoms with Crippen molar-refractivity contribution in [2.24, 2.45) is 0 Å². The molecule has 0 aliphatic heterocycles. The molecule has 0 saturated carbocycles. The molecule has 1 aromatic heterocycles. The molecule has 2 aromatic carbocycles. The number of hydrogen-bond acceptors (Lipinski definition) is 2. The number of carbonyl (C=O) groups excluding carboxylic acids is 1. The number of carbonyl (C=O) groups is 1. The maximum atomic E-state index is 13.0. The van der Waals surface area contributed by atoms with Crippen molar-refractivity contribution in [3.8, 4) is 0 Å². The zero-order chi connectivity index (χ0) is 16.9. The van der Waals surface area contributed by atoms with Gasteiger partial charge in [0.1, 0.15) is 5.82 Å². The molecule has 0 unspecified atom stereocenters. The van der Waals surface area contributed by atoms with E-state index in [1.165, 1.54) is 12.1 Å². The number of rotatable bonds is 5. The molecule has 0 spiro atoms. The van der Waals surface area contributed by atoms with E-state index < -0.39 is 0 Å². The molecule has 122 valence electrons. The second-order valence-electron chi connectivity index (χ2n) is 5.66. The fourth-order valence-corrected chi connectivity index (χ4v) is 2.45. The van der Waals surface area contributed by atoms with Crippen LogP contribution in [0.25, 0.3) is 0 Å². The second kappa shape index (κ2) is 7.08. The molecule has 3 aromatic rings. The Balaban J connectivity index is 1.64. The third-order valence-corrected chi connectivity index (χ3v) is 3.80. The van der Waals surface area contributed by atoms with Gasteiger partial charge in [0.2, 0.25) is 0 Å². The van der Waals surface area contributed by atoms with Gasteiger partial charge in [-0.3, -0.25) is 9.48 Å². The summed E-state index contributed by atoms with van der Waals surface area (Å²) in [6.45, 7) is 2.47. The standard InChI is InChI=1S/C19H18FN3O/c1-14(16-7-9-18(20)10-8-16)22-19(24)17-11-21-23(13-17)12-15-5-3-2-4-6-15/h2-11,13-14H,12H2,1H3,(H,22,24)/t14-/m0/s1. The summed E-state index contributed by atoms with van der Waals surface area (Å²) in [5.41, 5.74) is 2.47. The maximum Gasteiger partial charge on any atom is 0.254 e. The Morgan fingerprint density at radius 1 is 1.17 bits per heavy atom. The average Bonchev–Trinajstić information content (AvgIpc) is 3.05. The van der Waals surface area contributed by atoms with Crippen molar-refractivity contribution in [1.82, 2.24) is 15.1 Å². The lowest BCUT2D eigenvalue weighted by atomic mass is 10.1. The van der Waals surface area contributed by atoms with Crippen LogP contribution in [0.4, 0.5) is 4.39 Å². The molecule has 1 N–H and O–H groups in total. The summed E-state index contributed by atoms with van der Waals surface area (Å²) in [4.78, 5) is 12.3. The van der Waals surface area contributed by atoms with Crippen molar-refractivity contribution in [1.29, 1.82) is 0 Å². The van der Waals surface area contributed by atoms with Crippen LogP contribution < -0.4 is 5.32 Å². The van der Waals surface area contributed by atoms with E-state index in [0.717, 1.165) is 11.1 Å². The lowest BCUT2D eigenvalue weighted by molar-refractivity contribution is 0.0940. The van der Waals surface area contributed by atoms with E-state index >= 15 is 0 Å². The Bertz CT molecular complexity index is 812. The highest BCUT2D eigenvalue weighted by Gasteiger charge is 2.13. The summed E-state index contributed by atoms with van der Waals surface area (Å²) in [6.07, 6.45) is 3.27. The number of amides is 1. The first-order valence-electron chi connectivity index (χ1n) is 7.74. The predicted octanol–water partition coefficient (Wildman–Crippen LogP) is 3.56. The van der Waals surface area contributed by atoms with Crippen molar-refractivity contribution in [3.63, 3.8) is 0 Å². The van der Waals surface area contributed by atoms with Crippen molar-refractivity contribution >= 4 is 5.91 Å². The number of nitrogens with zero attached hydrogens (tertiary/aromatic N) is 2. The quantitative estimate of drug-likeness (QED) is 0.780. The predicted molar refractivity (Wildman–Crippen MR) is 90.1 cm³/mol. The Hall–Kier alpha value is -2.95. The molecule has 1 amide bonds. The first-order chi connectivity index (χ1) is 11.6. The van der Waals surface area contributed by atoms with Gasteiger partial charge in [-0.15, -0.1) is 0 Å². The molecule has 0 aliphatic carbocycles. The number of hydrogen-bond donors (Lipinski definition) is 1. The molecule has 5 heteroatoms. The Morgan fingerprint density at radius 3 is 2.58 bits per heavy atom. The van der Waals surface area contributed by atoms with Crippen LogP contribution in [0.1, 0.15) is 34.5 Å². The topological polar surface area (TPSA) is 46.9 Å². The highest BCUT2D eigenvalue weighted by Crippen LogP contribution is 2.14. The molecule has 0 fully saturated rings. The van der Waals surface area contributed by atoms with E-state index in [2.05, 4.69) is 10.4 Å². The minimum Gasteiger partial charge on any atom is -0.345 e. The molecular weight excluding hydrogens is 305 g/mol. The molecular formula is C19H18FN3O. The number of halogens is 1. The highest BCUT2D eigenvalue weighted by molar-refractivity contribution is 5.93. The van der Waals surface area contributed by atoms with Crippen molar-refractivity contribution in [2.45, 2.75) is 19.5 Å². The monoisotopic (exact) mass is 323 g/mol. The van der Waals surface area contributed by atoms with Gasteiger partial charge in [-0.25, -0.2) is 4.39 Å². The van der Waals surface area contributed by atoms with Gasteiger partial charge >= 0.3 is 0 Å². The Labute approximate surface area is 139 Å². The first-order valence-corrected chi connectivity index (χ1v) is 7.74. The summed E-state index contributed by atoms with van der Waals surface area (Å²) < 4.78 is 14.7. The Kier molecular flexibility index (Phi) is 4.70. The fraction of sp³-hybridized carbons (Fsp3) is 0.158. The van der Waals surface area contributed by atoms with Gasteiger partial charge in [0, 0.05) is 6.20 Å². The van der Waals surface area contributed by atoms with Crippen LogP contribution in [0.5, 0.6) is 0 Å². The van der Waals surface area contributed by atoms with E-state index in [9.17, 15) is 9.18 Å². The third-order valence-electron chi connectivity index (χ3n) is 3.80. The second-order valence-corrected chi connectivity index (χ2v) is 5.66. The first kappa shape index (κ1) is 15.9. The van der Waals surface area contributed by atoms with Crippen LogP contribution in [0.3, 0.4) is 0 Å². The maximum absolute atomic E-state index is 13.0. The summed E-state index contributed by atoms with van der Waals surface area (Å²) >= 11 is 0. The highest BCUT2D eigenvalue weighted by atomic mass is 19.1. The van der Waals surface area contributed by atoms with Gasteiger partial charge in [-0.05, 0) is 30.2 Å². The SMILES string of the molecule is C[C@H](NC(=O)c1cnn(Cc2ccccc2)c1)c1ccc(F)cc1. The summed E-state index contributed by atoms with van der Waals surface area (Å²) in [6, 6.07) is 15.8. The van der Waals surface area contributed by atoms with Crippen molar-refractivity contribution < 1.29 is 9.18 Å². The zero-order valence-electron chi connectivity index (χ0n) is 13.3. The van der Waals surface area contributed by atoms with E-state index in [4.69, 9.17) is 0 Å². The third kappa shape index (κ3) is 3.87. The van der Waals surface area contributed by atoms with Crippen molar-refractivity contribution in [2.75, 3.05) is 0 Å². The van der Waals surface area contributed by atoms with Gasteiger partial charge in [0.15, 0.2) is 0 Å². The zero-order valence-corrected chi connectivity index (χ0v) is 13.3. The molecule has 0 bridgehead atoms. The van der Waals surface area contributed by atoms with E-state index in [1.807, 2.05) is 37.3 Å². The lowest BCUT2D eigenvalue weighted by Gasteiger charge is -2.13. The fourth-order valence-electron chi connectivity index (χ4n) is 2.45. The molecule has 0 aliphatic rings. The van der Waals surface area contributed by atoms with Gasteiger partial charge in [-0.1, -0.05) is 42.5 Å². The smallest absolute Gasteiger partial charge is 0.254 e. The molecule has 0 radical (unpaired) electrons. The molecule has 1 heterocycles. The van der Waals surface area contributed by atoms with Gasteiger partial charge in [0.05, 0.1) is 24.3 Å². The molecule has 0 saturated heterocycles. The summed E-state index contributed by atoms with van der Waals surface area (Å²) in [5, 5.41) is 7.12. The lowest BCUT2D eigenvalue weighted by Crippen LogP contribution is -2.26. The van der Waals surface area contributed by atoms with Gasteiger partial charge < -0.3 is 5.32 Å². The van der Waals surface area contributed by atoms with Crippen molar-refractivity contribution in [3.05, 3.63) is 89.5 Å². The molecule has 4 nitrogen and oxygen atoms in total. The van der Waals surface area contributed by atoms with E-state index in [0.29, 0.717) is 12.1 Å². The summed E-state index contributed by atoms with van der Waals surface area (Å²) in [7, 11) is 0. The number of nitrogens with one attached hydrogen (secondary N) is 1. The Morgan fingerprint density at radius 2 is 1.88 bits per heavy atom. The van der Waals surface area contributed by atoms with Crippen LogP contribution in [-0.4, -0.2) is 15.7 Å². The molecule has 24 heavy (non-hydrogen) atoms. The largest absolute Gasteiger partial charge is 0.345 e. The number of aromatic nitrogens is 2. The average molecular weight is 323 g/mol. The van der Waals surface area contributed by atoms with Crippen LogP contribution in [0.15, 0.2) is 67.0 Å². The van der Waals surface area contributed by atoms with E-state index in [-0.39, 0.29) is 17.8 Å². The number of benzene rings is 2.